The van der Waals surface area contributed by atoms with Gasteiger partial charge in [0.2, 0.25) is 5.91 Å². The molecule has 5 heteroatoms. The van der Waals surface area contributed by atoms with Crippen molar-refractivity contribution in [1.29, 1.82) is 0 Å². The molecule has 1 aliphatic heterocycles. The number of carbonyl (C=O) groups excluding carboxylic acids is 1. The SMILES string of the molecule is C=CCNC(=O)[C@@H](C)N1CCN(C[C@@H](C)O)CC1. The van der Waals surface area contributed by atoms with Gasteiger partial charge < -0.3 is 10.4 Å². The molecule has 0 aromatic carbocycles. The molecule has 2 N–H and O–H groups in total. The molecule has 0 aromatic rings. The Morgan fingerprint density at radius 1 is 1.39 bits per heavy atom. The first-order chi connectivity index (χ1) is 8.54. The molecule has 0 spiro atoms. The average Bonchev–Trinajstić information content (AvgIpc) is 2.35. The quantitative estimate of drug-likeness (QED) is 0.639. The number of piperazine rings is 1. The third kappa shape index (κ3) is 4.76. The lowest BCUT2D eigenvalue weighted by Gasteiger charge is -2.37. The van der Waals surface area contributed by atoms with E-state index in [9.17, 15) is 9.90 Å². The minimum Gasteiger partial charge on any atom is -0.392 e. The molecule has 2 atom stereocenters. The zero-order valence-corrected chi connectivity index (χ0v) is 11.4. The number of hydrogen-bond donors (Lipinski definition) is 2. The summed E-state index contributed by atoms with van der Waals surface area (Å²) in [6.07, 6.45) is 1.40. The number of nitrogens with zero attached hydrogens (tertiary/aromatic N) is 2. The lowest BCUT2D eigenvalue weighted by molar-refractivity contribution is -0.126. The number of carbonyl (C=O) groups is 1. The van der Waals surface area contributed by atoms with Crippen molar-refractivity contribution in [1.82, 2.24) is 15.1 Å². The monoisotopic (exact) mass is 255 g/mol. The van der Waals surface area contributed by atoms with E-state index in [-0.39, 0.29) is 18.1 Å². The highest BCUT2D eigenvalue weighted by Crippen LogP contribution is 2.07. The van der Waals surface area contributed by atoms with E-state index in [2.05, 4.69) is 21.7 Å². The maximum Gasteiger partial charge on any atom is 0.237 e. The number of rotatable bonds is 6. The van der Waals surface area contributed by atoms with Crippen LogP contribution in [0.4, 0.5) is 0 Å². The molecule has 0 bridgehead atoms. The molecule has 1 amide bonds. The number of aliphatic hydroxyl groups excluding tert-OH is 1. The molecule has 5 nitrogen and oxygen atoms in total. The van der Waals surface area contributed by atoms with Gasteiger partial charge in [-0.05, 0) is 13.8 Å². The van der Waals surface area contributed by atoms with Crippen molar-refractivity contribution in [3.8, 4) is 0 Å². The largest absolute Gasteiger partial charge is 0.392 e. The van der Waals surface area contributed by atoms with Crippen molar-refractivity contribution < 1.29 is 9.90 Å². The highest BCUT2D eigenvalue weighted by molar-refractivity contribution is 5.81. The minimum atomic E-state index is -0.287. The van der Waals surface area contributed by atoms with E-state index in [0.717, 1.165) is 26.2 Å². The van der Waals surface area contributed by atoms with Crippen molar-refractivity contribution >= 4 is 5.91 Å². The fourth-order valence-electron chi connectivity index (χ4n) is 2.19. The number of amides is 1. The maximum absolute atomic E-state index is 11.8. The molecule has 1 heterocycles. The summed E-state index contributed by atoms with van der Waals surface area (Å²) >= 11 is 0. The number of nitrogens with one attached hydrogen (secondary N) is 1. The Morgan fingerprint density at radius 2 is 2.00 bits per heavy atom. The van der Waals surface area contributed by atoms with Gasteiger partial charge in [-0.15, -0.1) is 6.58 Å². The van der Waals surface area contributed by atoms with Crippen LogP contribution in [-0.2, 0) is 4.79 Å². The van der Waals surface area contributed by atoms with Gasteiger partial charge in [-0.2, -0.15) is 0 Å². The molecule has 18 heavy (non-hydrogen) atoms. The predicted octanol–water partition coefficient (Wildman–Crippen LogP) is -0.324. The van der Waals surface area contributed by atoms with Gasteiger partial charge in [0, 0.05) is 39.3 Å². The molecular formula is C13H25N3O2. The highest BCUT2D eigenvalue weighted by atomic mass is 16.3. The van der Waals surface area contributed by atoms with Crippen LogP contribution in [0.2, 0.25) is 0 Å². The van der Waals surface area contributed by atoms with Gasteiger partial charge in [0.1, 0.15) is 0 Å². The molecule has 104 valence electrons. The molecule has 1 saturated heterocycles. The van der Waals surface area contributed by atoms with E-state index in [1.807, 2.05) is 6.92 Å². The van der Waals surface area contributed by atoms with Crippen LogP contribution < -0.4 is 5.32 Å². The van der Waals surface area contributed by atoms with Crippen LogP contribution in [-0.4, -0.2) is 72.2 Å². The highest BCUT2D eigenvalue weighted by Gasteiger charge is 2.25. The second-order valence-corrected chi connectivity index (χ2v) is 4.90. The summed E-state index contributed by atoms with van der Waals surface area (Å²) in [5.41, 5.74) is 0. The zero-order valence-electron chi connectivity index (χ0n) is 11.4. The summed E-state index contributed by atoms with van der Waals surface area (Å²) in [7, 11) is 0. The van der Waals surface area contributed by atoms with E-state index in [4.69, 9.17) is 0 Å². The molecule has 0 saturated carbocycles. The van der Waals surface area contributed by atoms with E-state index in [1.54, 1.807) is 13.0 Å². The summed E-state index contributed by atoms with van der Waals surface area (Å²) in [6.45, 7) is 12.1. The average molecular weight is 255 g/mol. The Balaban J connectivity index is 2.33. The van der Waals surface area contributed by atoms with Gasteiger partial charge >= 0.3 is 0 Å². The summed E-state index contributed by atoms with van der Waals surface area (Å²) < 4.78 is 0. The van der Waals surface area contributed by atoms with Crippen LogP contribution in [0.1, 0.15) is 13.8 Å². The Labute approximate surface area is 109 Å². The second kappa shape index (κ2) is 7.51. The number of β-amino-alcohol motifs (C(OH)–C–C–N with tert-alkyl or cyclic N) is 1. The summed E-state index contributed by atoms with van der Waals surface area (Å²) in [4.78, 5) is 16.2. The normalized spacial score (nSPS) is 21.3. The van der Waals surface area contributed by atoms with Gasteiger partial charge in [0.25, 0.3) is 0 Å². The van der Waals surface area contributed by atoms with Gasteiger partial charge in [0.15, 0.2) is 0 Å². The van der Waals surface area contributed by atoms with Crippen molar-refractivity contribution in [2.24, 2.45) is 0 Å². The van der Waals surface area contributed by atoms with Crippen molar-refractivity contribution in [3.05, 3.63) is 12.7 Å². The van der Waals surface area contributed by atoms with Crippen LogP contribution in [0.15, 0.2) is 12.7 Å². The zero-order chi connectivity index (χ0) is 13.5. The predicted molar refractivity (Wildman–Crippen MR) is 72.4 cm³/mol. The molecule has 0 radical (unpaired) electrons. The van der Waals surface area contributed by atoms with Crippen molar-refractivity contribution in [2.45, 2.75) is 26.0 Å². The van der Waals surface area contributed by atoms with Crippen LogP contribution in [0.5, 0.6) is 0 Å². The minimum absolute atomic E-state index is 0.0545. The maximum atomic E-state index is 11.8. The summed E-state index contributed by atoms with van der Waals surface area (Å²) in [6, 6.07) is -0.0985. The molecule has 1 rings (SSSR count). The van der Waals surface area contributed by atoms with Crippen LogP contribution in [0.25, 0.3) is 0 Å². The Kier molecular flexibility index (Phi) is 6.32. The van der Waals surface area contributed by atoms with Gasteiger partial charge in [-0.1, -0.05) is 6.08 Å². The fourth-order valence-corrected chi connectivity index (χ4v) is 2.19. The van der Waals surface area contributed by atoms with Gasteiger partial charge in [-0.3, -0.25) is 14.6 Å². The molecule has 0 aromatic heterocycles. The lowest BCUT2D eigenvalue weighted by Crippen LogP contribution is -2.54. The molecule has 0 aliphatic carbocycles. The smallest absolute Gasteiger partial charge is 0.237 e. The van der Waals surface area contributed by atoms with Crippen molar-refractivity contribution in [2.75, 3.05) is 39.3 Å². The van der Waals surface area contributed by atoms with E-state index >= 15 is 0 Å². The Bertz CT molecular complexity index is 273. The molecule has 1 fully saturated rings. The standard InChI is InChI=1S/C13H25N3O2/c1-4-5-14-13(18)12(3)16-8-6-15(7-9-16)10-11(2)17/h4,11-12,17H,1,5-10H2,2-3H3,(H,14,18)/t11-,12-/m1/s1. The molecule has 1 aliphatic rings. The summed E-state index contributed by atoms with van der Waals surface area (Å²) in [5.74, 6) is 0.0545. The van der Waals surface area contributed by atoms with Crippen molar-refractivity contribution in [3.63, 3.8) is 0 Å². The first kappa shape index (κ1) is 15.1. The Hall–Kier alpha value is -0.910. The first-order valence-corrected chi connectivity index (χ1v) is 6.57. The third-order valence-electron chi connectivity index (χ3n) is 3.28. The van der Waals surface area contributed by atoms with E-state index < -0.39 is 0 Å². The lowest BCUT2D eigenvalue weighted by atomic mass is 10.2. The fraction of sp³-hybridized carbons (Fsp3) is 0.769. The Morgan fingerprint density at radius 3 is 2.50 bits per heavy atom. The van der Waals surface area contributed by atoms with Crippen LogP contribution in [0.3, 0.4) is 0 Å². The number of hydrogen-bond acceptors (Lipinski definition) is 4. The number of aliphatic hydroxyl groups is 1. The van der Waals surface area contributed by atoms with E-state index in [0.29, 0.717) is 13.1 Å². The molecule has 0 unspecified atom stereocenters. The van der Waals surface area contributed by atoms with Crippen LogP contribution >= 0.6 is 0 Å². The molecular weight excluding hydrogens is 230 g/mol. The first-order valence-electron chi connectivity index (χ1n) is 6.57. The van der Waals surface area contributed by atoms with E-state index in [1.165, 1.54) is 0 Å². The van der Waals surface area contributed by atoms with Crippen LogP contribution in [0, 0.1) is 0 Å². The topological polar surface area (TPSA) is 55.8 Å². The summed E-state index contributed by atoms with van der Waals surface area (Å²) in [5, 5.41) is 12.2. The third-order valence-corrected chi connectivity index (χ3v) is 3.28. The van der Waals surface area contributed by atoms with Gasteiger partial charge in [0.05, 0.1) is 12.1 Å². The van der Waals surface area contributed by atoms with Gasteiger partial charge in [-0.25, -0.2) is 0 Å². The second-order valence-electron chi connectivity index (χ2n) is 4.90.